The number of hydrogen-bond acceptors (Lipinski definition) is 1. The van der Waals surface area contributed by atoms with Crippen LogP contribution < -0.4 is 4.90 Å². The Morgan fingerprint density at radius 1 is 0.485 bits per heavy atom. The Morgan fingerprint density at radius 3 is 2.00 bits per heavy atom. The molecule has 0 saturated heterocycles. The molecule has 0 radical (unpaired) electrons. The number of rotatable bonds is 6. The van der Waals surface area contributed by atoms with Gasteiger partial charge in [0, 0.05) is 27.5 Å². The molecule has 9 aromatic carbocycles. The van der Waals surface area contributed by atoms with Crippen LogP contribution in [0.2, 0.25) is 0 Å². The molecule has 14 rings (SSSR count). The average molecular weight is 869 g/mol. The van der Waals surface area contributed by atoms with Crippen molar-refractivity contribution >= 4 is 43.8 Å². The molecule has 10 aromatic rings. The second-order valence-corrected chi connectivity index (χ2v) is 19.3. The number of allylic oxidation sites excluding steroid dienone is 5. The quantitative estimate of drug-likeness (QED) is 0.162. The predicted octanol–water partition coefficient (Wildman–Crippen LogP) is 16.6. The molecule has 2 nitrogen and oxygen atoms in total. The van der Waals surface area contributed by atoms with E-state index >= 15 is 0 Å². The summed E-state index contributed by atoms with van der Waals surface area (Å²) in [5, 5.41) is 5.03. The lowest BCUT2D eigenvalue weighted by Crippen LogP contribution is -2.43. The molecule has 322 valence electrons. The number of anilines is 1. The van der Waals surface area contributed by atoms with Gasteiger partial charge in [0.2, 0.25) is 0 Å². The van der Waals surface area contributed by atoms with Gasteiger partial charge in [-0.25, -0.2) is 0 Å². The van der Waals surface area contributed by atoms with Gasteiger partial charge in [-0.2, -0.15) is 0 Å². The van der Waals surface area contributed by atoms with Crippen molar-refractivity contribution in [3.8, 4) is 27.9 Å². The maximum Gasteiger partial charge on any atom is 0.0713 e. The lowest BCUT2D eigenvalue weighted by molar-refractivity contribution is 0.545. The summed E-state index contributed by atoms with van der Waals surface area (Å²) < 4.78 is 2.55. The van der Waals surface area contributed by atoms with E-state index in [0.29, 0.717) is 0 Å². The highest BCUT2D eigenvalue weighted by molar-refractivity contribution is 6.13. The first-order valence-electron chi connectivity index (χ1n) is 24.2. The standard InChI is InChI=1S/C66H48N2/c1-65-38-16-15-31-58(65)57-41-48(35-37-63(57)68(65)51-28-17-23-46(39-51)44-19-5-2-6-20-44)47-34-36-62-55(40-47)56-42-60-54(43-64(56)67(62)61-33-18-22-45-21-11-12-29-52(45)61)53-30-13-14-32-59(53)66(60,49-24-7-3-8-25-49)50-26-9-4-10-27-50/h2-34,36,39-43H,35,37-38H2,1H3. The molecule has 1 aromatic heterocycles. The Labute approximate surface area is 397 Å². The topological polar surface area (TPSA) is 8.17 Å². The first-order chi connectivity index (χ1) is 33.6. The van der Waals surface area contributed by atoms with Crippen molar-refractivity contribution in [1.82, 2.24) is 4.57 Å². The van der Waals surface area contributed by atoms with Gasteiger partial charge in [-0.3, -0.25) is 0 Å². The highest BCUT2D eigenvalue weighted by Crippen LogP contribution is 2.58. The fourth-order valence-electron chi connectivity index (χ4n) is 12.8. The number of hydrogen-bond donors (Lipinski definition) is 0. The van der Waals surface area contributed by atoms with Crippen molar-refractivity contribution in [2.45, 2.75) is 37.1 Å². The van der Waals surface area contributed by atoms with Crippen molar-refractivity contribution in [3.05, 3.63) is 281 Å². The minimum Gasteiger partial charge on any atom is -0.334 e. The molecule has 1 unspecified atom stereocenters. The highest BCUT2D eigenvalue weighted by atomic mass is 15.2. The van der Waals surface area contributed by atoms with Gasteiger partial charge in [0.25, 0.3) is 0 Å². The summed E-state index contributed by atoms with van der Waals surface area (Å²) in [6.07, 6.45) is 12.4. The van der Waals surface area contributed by atoms with E-state index in [2.05, 4.69) is 253 Å². The molecule has 0 N–H and O–H groups in total. The van der Waals surface area contributed by atoms with Crippen molar-refractivity contribution in [1.29, 1.82) is 0 Å². The van der Waals surface area contributed by atoms with Gasteiger partial charge < -0.3 is 9.47 Å². The van der Waals surface area contributed by atoms with Crippen LogP contribution in [-0.4, -0.2) is 10.1 Å². The maximum absolute atomic E-state index is 2.67. The van der Waals surface area contributed by atoms with Crippen LogP contribution in [0.25, 0.3) is 66.1 Å². The van der Waals surface area contributed by atoms with Gasteiger partial charge >= 0.3 is 0 Å². The first kappa shape index (κ1) is 39.0. The Kier molecular flexibility index (Phi) is 8.55. The molecule has 68 heavy (non-hydrogen) atoms. The summed E-state index contributed by atoms with van der Waals surface area (Å²) in [4.78, 5) is 2.67. The van der Waals surface area contributed by atoms with Crippen molar-refractivity contribution in [2.75, 3.05) is 4.90 Å². The second kappa shape index (κ2) is 14.9. The van der Waals surface area contributed by atoms with Gasteiger partial charge in [0.1, 0.15) is 0 Å². The maximum atomic E-state index is 2.67. The number of aromatic nitrogens is 1. The van der Waals surface area contributed by atoms with Crippen LogP contribution >= 0.6 is 0 Å². The third kappa shape index (κ3) is 5.52. The van der Waals surface area contributed by atoms with E-state index in [1.54, 1.807) is 0 Å². The van der Waals surface area contributed by atoms with Crippen LogP contribution in [0.15, 0.2) is 253 Å². The second-order valence-electron chi connectivity index (χ2n) is 19.3. The molecular weight excluding hydrogens is 821 g/mol. The molecule has 2 heterocycles. The minimum absolute atomic E-state index is 0.168. The zero-order valence-electron chi connectivity index (χ0n) is 38.0. The molecule has 0 bridgehead atoms. The van der Waals surface area contributed by atoms with Gasteiger partial charge in [0.15, 0.2) is 0 Å². The molecule has 0 spiro atoms. The molecule has 2 heteroatoms. The molecule has 0 amide bonds. The molecule has 0 fully saturated rings. The predicted molar refractivity (Wildman–Crippen MR) is 284 cm³/mol. The molecule has 0 saturated carbocycles. The fourth-order valence-corrected chi connectivity index (χ4v) is 12.8. The van der Waals surface area contributed by atoms with Crippen molar-refractivity contribution in [3.63, 3.8) is 0 Å². The normalized spacial score (nSPS) is 17.8. The van der Waals surface area contributed by atoms with Gasteiger partial charge in [-0.05, 0) is 147 Å². The Balaban J connectivity index is 1.00. The van der Waals surface area contributed by atoms with E-state index < -0.39 is 5.41 Å². The van der Waals surface area contributed by atoms with Crippen LogP contribution in [0.5, 0.6) is 0 Å². The third-order valence-corrected chi connectivity index (χ3v) is 15.7. The zero-order valence-corrected chi connectivity index (χ0v) is 38.0. The van der Waals surface area contributed by atoms with Crippen molar-refractivity contribution in [2.24, 2.45) is 0 Å². The van der Waals surface area contributed by atoms with E-state index in [4.69, 9.17) is 0 Å². The summed E-state index contributed by atoms with van der Waals surface area (Å²) in [7, 11) is 0. The van der Waals surface area contributed by atoms with Crippen molar-refractivity contribution < 1.29 is 0 Å². The monoisotopic (exact) mass is 868 g/mol. The van der Waals surface area contributed by atoms with E-state index in [0.717, 1.165) is 19.3 Å². The van der Waals surface area contributed by atoms with Gasteiger partial charge in [0.05, 0.1) is 27.7 Å². The number of fused-ring (bicyclic) bond motifs is 9. The Bertz CT molecular complexity index is 3780. The summed E-state index contributed by atoms with van der Waals surface area (Å²) in [6.45, 7) is 2.44. The molecular formula is C66H48N2. The highest BCUT2D eigenvalue weighted by Gasteiger charge is 2.48. The SMILES string of the molecule is CC12CC=CC=C1C1=C(CCC(c3ccc4c(c3)c3cc5c(cc3n4-c3cccc4ccccc34)-c3ccccc3C5(c3ccccc3)c3ccccc3)=C1)N2c1cccc(-c2ccccc2)c1. The van der Waals surface area contributed by atoms with Crippen LogP contribution in [-0.2, 0) is 5.41 Å². The van der Waals surface area contributed by atoms with Crippen LogP contribution in [0, 0.1) is 0 Å². The summed E-state index contributed by atoms with van der Waals surface area (Å²) >= 11 is 0. The first-order valence-corrected chi connectivity index (χ1v) is 24.2. The Morgan fingerprint density at radius 2 is 1.18 bits per heavy atom. The minimum atomic E-state index is -0.493. The van der Waals surface area contributed by atoms with E-state index in [1.165, 1.54) is 116 Å². The smallest absolute Gasteiger partial charge is 0.0713 e. The third-order valence-electron chi connectivity index (χ3n) is 15.7. The summed E-state index contributed by atoms with van der Waals surface area (Å²) in [6, 6.07) is 79.4. The van der Waals surface area contributed by atoms with Gasteiger partial charge in [-0.1, -0.05) is 188 Å². The van der Waals surface area contributed by atoms with Crippen LogP contribution in [0.1, 0.15) is 54.0 Å². The lowest BCUT2D eigenvalue weighted by Gasteiger charge is -2.40. The molecule has 1 atom stereocenters. The number of nitrogens with zero attached hydrogens (tertiary/aromatic N) is 2. The van der Waals surface area contributed by atoms with E-state index in [1.807, 2.05) is 0 Å². The Hall–Kier alpha value is -8.20. The molecule has 1 aliphatic heterocycles. The molecule has 3 aliphatic carbocycles. The molecule has 4 aliphatic rings. The van der Waals surface area contributed by atoms with Gasteiger partial charge in [-0.15, -0.1) is 0 Å². The summed E-state index contributed by atoms with van der Waals surface area (Å²) in [5.74, 6) is 0. The average Bonchev–Trinajstić information content (AvgIpc) is 3.98. The fraction of sp³-hybridized carbons (Fsp3) is 0.0909. The zero-order chi connectivity index (χ0) is 45.0. The van der Waals surface area contributed by atoms with Crippen LogP contribution in [0.4, 0.5) is 5.69 Å². The van der Waals surface area contributed by atoms with E-state index in [-0.39, 0.29) is 5.54 Å². The largest absolute Gasteiger partial charge is 0.334 e. The van der Waals surface area contributed by atoms with Crippen LogP contribution in [0.3, 0.4) is 0 Å². The summed E-state index contributed by atoms with van der Waals surface area (Å²) in [5.41, 5.74) is 21.4. The number of benzene rings is 9. The van der Waals surface area contributed by atoms with E-state index in [9.17, 15) is 0 Å². The lowest BCUT2D eigenvalue weighted by atomic mass is 9.67.